The highest BCUT2D eigenvalue weighted by Crippen LogP contribution is 2.40. The predicted molar refractivity (Wildman–Crippen MR) is 148 cm³/mol. The summed E-state index contributed by atoms with van der Waals surface area (Å²) in [5.41, 5.74) is 3.37. The molecule has 2 N–H and O–H groups in total. The van der Waals surface area contributed by atoms with E-state index in [2.05, 4.69) is 15.5 Å². The number of H-pyrrole nitrogens is 1. The number of amides is 1. The van der Waals surface area contributed by atoms with E-state index in [9.17, 15) is 18.0 Å². The SMILES string of the molecule is CNC(=O)/C=C/CCCCOc1ccc(/C(=C(/CC(F)(F)F)c2ccccc2)c2ccc3[nH]ncc3c2)cc1. The van der Waals surface area contributed by atoms with E-state index in [1.165, 1.54) is 6.08 Å². The van der Waals surface area contributed by atoms with Crippen molar-refractivity contribution >= 4 is 28.0 Å². The Hall–Kier alpha value is -4.33. The number of benzene rings is 3. The van der Waals surface area contributed by atoms with E-state index in [1.807, 2.05) is 24.3 Å². The maximum Gasteiger partial charge on any atom is 0.393 e. The van der Waals surface area contributed by atoms with E-state index in [0.717, 1.165) is 30.2 Å². The van der Waals surface area contributed by atoms with Gasteiger partial charge in [0, 0.05) is 12.4 Å². The van der Waals surface area contributed by atoms with Crippen LogP contribution in [0.25, 0.3) is 22.0 Å². The molecule has 3 aromatic carbocycles. The molecule has 5 nitrogen and oxygen atoms in total. The Morgan fingerprint density at radius 3 is 2.44 bits per heavy atom. The minimum atomic E-state index is -4.39. The molecule has 1 aromatic heterocycles. The van der Waals surface area contributed by atoms with Crippen molar-refractivity contribution in [3.05, 3.63) is 108 Å². The number of rotatable bonds is 11. The number of hydrogen-bond donors (Lipinski definition) is 2. The number of unbranched alkanes of at least 4 members (excludes halogenated alkanes) is 2. The van der Waals surface area contributed by atoms with Crippen LogP contribution in [0.15, 0.2) is 91.1 Å². The quantitative estimate of drug-likeness (QED) is 0.121. The third kappa shape index (κ3) is 7.83. The first-order chi connectivity index (χ1) is 18.8. The number of likely N-dealkylation sites (N-methyl/N-ethyl adjacent to an activating group) is 1. The van der Waals surface area contributed by atoms with Gasteiger partial charge in [0.05, 0.1) is 24.7 Å². The second-order valence-electron chi connectivity index (χ2n) is 9.07. The number of aromatic amines is 1. The Bertz CT molecular complexity index is 1440. The fourth-order valence-electron chi connectivity index (χ4n) is 4.33. The summed E-state index contributed by atoms with van der Waals surface area (Å²) in [6.07, 6.45) is 1.98. The topological polar surface area (TPSA) is 67.0 Å². The molecule has 39 heavy (non-hydrogen) atoms. The first-order valence-electron chi connectivity index (χ1n) is 12.7. The van der Waals surface area contributed by atoms with Crippen molar-refractivity contribution in [3.8, 4) is 5.75 Å². The number of hydrogen-bond acceptors (Lipinski definition) is 3. The van der Waals surface area contributed by atoms with Crippen LogP contribution in [0.5, 0.6) is 5.75 Å². The molecule has 0 atom stereocenters. The number of alkyl halides is 3. The highest BCUT2D eigenvalue weighted by atomic mass is 19.4. The van der Waals surface area contributed by atoms with Crippen LogP contribution in [0.4, 0.5) is 13.2 Å². The van der Waals surface area contributed by atoms with Crippen molar-refractivity contribution in [2.24, 2.45) is 0 Å². The van der Waals surface area contributed by atoms with E-state index < -0.39 is 12.6 Å². The molecule has 0 unspecified atom stereocenters. The minimum Gasteiger partial charge on any atom is -0.494 e. The van der Waals surface area contributed by atoms with E-state index in [4.69, 9.17) is 4.74 Å². The second kappa shape index (κ2) is 13.0. The molecule has 0 radical (unpaired) electrons. The highest BCUT2D eigenvalue weighted by molar-refractivity contribution is 6.00. The van der Waals surface area contributed by atoms with Gasteiger partial charge in [0.15, 0.2) is 0 Å². The zero-order valence-electron chi connectivity index (χ0n) is 21.6. The maximum absolute atomic E-state index is 13.9. The monoisotopic (exact) mass is 533 g/mol. The molecule has 1 amide bonds. The molecule has 0 fully saturated rings. The third-order valence-corrected chi connectivity index (χ3v) is 6.22. The number of halogens is 3. The number of nitrogens with one attached hydrogen (secondary N) is 2. The van der Waals surface area contributed by atoms with Gasteiger partial charge >= 0.3 is 6.18 Å². The van der Waals surface area contributed by atoms with Gasteiger partial charge in [-0.2, -0.15) is 18.3 Å². The molecular weight excluding hydrogens is 503 g/mol. The summed E-state index contributed by atoms with van der Waals surface area (Å²) in [4.78, 5) is 11.2. The Labute approximate surface area is 225 Å². The average Bonchev–Trinajstić information content (AvgIpc) is 3.41. The molecule has 0 saturated heterocycles. The van der Waals surface area contributed by atoms with Crippen LogP contribution in [0.2, 0.25) is 0 Å². The van der Waals surface area contributed by atoms with Gasteiger partial charge < -0.3 is 10.1 Å². The molecular formula is C31H30F3N3O2. The number of carbonyl (C=O) groups excluding carboxylic acids is 1. The number of allylic oxidation sites excluding steroid dienone is 2. The van der Waals surface area contributed by atoms with Crippen molar-refractivity contribution < 1.29 is 22.7 Å². The van der Waals surface area contributed by atoms with Crippen molar-refractivity contribution in [2.45, 2.75) is 31.9 Å². The number of carbonyl (C=O) groups is 1. The van der Waals surface area contributed by atoms with E-state index >= 15 is 0 Å². The summed E-state index contributed by atoms with van der Waals surface area (Å²) in [6, 6.07) is 21.4. The molecule has 0 aliphatic carbocycles. The molecule has 0 saturated carbocycles. The molecule has 0 aliphatic heterocycles. The second-order valence-corrected chi connectivity index (χ2v) is 9.07. The van der Waals surface area contributed by atoms with Crippen LogP contribution in [0.1, 0.15) is 42.4 Å². The highest BCUT2D eigenvalue weighted by Gasteiger charge is 2.31. The summed E-state index contributed by atoms with van der Waals surface area (Å²) in [6.45, 7) is 0.496. The molecule has 4 rings (SSSR count). The van der Waals surface area contributed by atoms with Crippen LogP contribution >= 0.6 is 0 Å². The Morgan fingerprint density at radius 1 is 0.974 bits per heavy atom. The van der Waals surface area contributed by atoms with Gasteiger partial charge in [0.2, 0.25) is 5.91 Å². The zero-order valence-corrected chi connectivity index (χ0v) is 21.6. The molecule has 0 bridgehead atoms. The van der Waals surface area contributed by atoms with Gasteiger partial charge in [-0.15, -0.1) is 0 Å². The fraction of sp³-hybridized carbons (Fsp3) is 0.226. The Kier molecular flexibility index (Phi) is 9.20. The average molecular weight is 534 g/mol. The van der Waals surface area contributed by atoms with Crippen LogP contribution in [-0.4, -0.2) is 35.9 Å². The van der Waals surface area contributed by atoms with Crippen molar-refractivity contribution in [1.29, 1.82) is 0 Å². The zero-order chi connectivity index (χ0) is 27.7. The van der Waals surface area contributed by atoms with Crippen molar-refractivity contribution in [1.82, 2.24) is 15.5 Å². The first-order valence-corrected chi connectivity index (χ1v) is 12.7. The van der Waals surface area contributed by atoms with Crippen LogP contribution in [0.3, 0.4) is 0 Å². The fourth-order valence-corrected chi connectivity index (χ4v) is 4.33. The van der Waals surface area contributed by atoms with Gasteiger partial charge in [-0.3, -0.25) is 9.89 Å². The standard InChI is InChI=1S/C31H30F3N3O2/c1-35-29(38)11-7-2-3-8-18-39-26-15-12-23(13-16-26)30(24-14-17-28-25(19-24)21-36-37-28)27(20-31(32,33)34)22-9-5-4-6-10-22/h4-7,9-17,19,21H,2-3,8,18,20H2,1H3,(H,35,38)(H,36,37)/b11-7+,30-27+. The van der Waals surface area contributed by atoms with E-state index in [1.54, 1.807) is 67.8 Å². The van der Waals surface area contributed by atoms with E-state index in [0.29, 0.717) is 34.6 Å². The van der Waals surface area contributed by atoms with Crippen molar-refractivity contribution in [3.63, 3.8) is 0 Å². The van der Waals surface area contributed by atoms with Gasteiger partial charge in [-0.05, 0) is 77.4 Å². The summed E-state index contributed by atoms with van der Waals surface area (Å²) in [5, 5.41) is 10.3. The lowest BCUT2D eigenvalue weighted by molar-refractivity contribution is -0.123. The molecule has 202 valence electrons. The third-order valence-electron chi connectivity index (χ3n) is 6.22. The lowest BCUT2D eigenvalue weighted by atomic mass is 9.87. The molecule has 8 heteroatoms. The summed E-state index contributed by atoms with van der Waals surface area (Å²) in [7, 11) is 1.58. The van der Waals surface area contributed by atoms with Crippen LogP contribution in [0, 0.1) is 0 Å². The Balaban J connectivity index is 1.61. The number of ether oxygens (including phenoxy) is 1. The first kappa shape index (κ1) is 27.7. The number of nitrogens with zero attached hydrogens (tertiary/aromatic N) is 1. The van der Waals surface area contributed by atoms with Crippen molar-refractivity contribution in [2.75, 3.05) is 13.7 Å². The van der Waals surface area contributed by atoms with Gasteiger partial charge in [0.1, 0.15) is 5.75 Å². The van der Waals surface area contributed by atoms with Crippen LogP contribution in [-0.2, 0) is 4.79 Å². The normalized spacial score (nSPS) is 12.5. The minimum absolute atomic E-state index is 0.130. The smallest absolute Gasteiger partial charge is 0.393 e. The van der Waals surface area contributed by atoms with Gasteiger partial charge in [-0.25, -0.2) is 0 Å². The Morgan fingerprint density at radius 2 is 1.72 bits per heavy atom. The number of fused-ring (bicyclic) bond motifs is 1. The maximum atomic E-state index is 13.9. The van der Waals surface area contributed by atoms with E-state index in [-0.39, 0.29) is 11.5 Å². The lowest BCUT2D eigenvalue weighted by Crippen LogP contribution is -2.13. The number of aromatic nitrogens is 2. The lowest BCUT2D eigenvalue weighted by Gasteiger charge is -2.19. The van der Waals surface area contributed by atoms with Gasteiger partial charge in [0.25, 0.3) is 0 Å². The summed E-state index contributed by atoms with van der Waals surface area (Å²) in [5.74, 6) is 0.511. The predicted octanol–water partition coefficient (Wildman–Crippen LogP) is 7.33. The summed E-state index contributed by atoms with van der Waals surface area (Å²) >= 11 is 0. The van der Waals surface area contributed by atoms with Gasteiger partial charge in [-0.1, -0.05) is 54.6 Å². The molecule has 0 spiro atoms. The van der Waals surface area contributed by atoms with Crippen LogP contribution < -0.4 is 10.1 Å². The summed E-state index contributed by atoms with van der Waals surface area (Å²) < 4.78 is 47.5. The molecule has 0 aliphatic rings. The largest absolute Gasteiger partial charge is 0.494 e. The molecule has 4 aromatic rings. The molecule has 1 heterocycles.